The third-order valence-corrected chi connectivity index (χ3v) is 4.29. The zero-order chi connectivity index (χ0) is 16.5. The van der Waals surface area contributed by atoms with E-state index in [9.17, 15) is 4.79 Å². The van der Waals surface area contributed by atoms with Gasteiger partial charge in [0.25, 0.3) is 5.91 Å². The molecule has 0 spiro atoms. The third-order valence-electron chi connectivity index (χ3n) is 2.82. The molecule has 118 valence electrons. The van der Waals surface area contributed by atoms with Crippen molar-refractivity contribution in [3.63, 3.8) is 0 Å². The predicted octanol–water partition coefficient (Wildman–Crippen LogP) is 3.16. The minimum Gasteiger partial charge on any atom is -0.322 e. The number of amides is 1. The van der Waals surface area contributed by atoms with Crippen LogP contribution in [0.1, 0.15) is 54.1 Å². The molecule has 2 heterocycles. The molecule has 0 radical (unpaired) electrons. The zero-order valence-electron chi connectivity index (χ0n) is 12.8. The summed E-state index contributed by atoms with van der Waals surface area (Å²) in [6.07, 6.45) is 2.99. The van der Waals surface area contributed by atoms with E-state index in [1.807, 2.05) is 27.7 Å². The van der Waals surface area contributed by atoms with Crippen LogP contribution in [0.3, 0.4) is 0 Å². The van der Waals surface area contributed by atoms with Crippen LogP contribution in [-0.4, -0.2) is 20.9 Å². The van der Waals surface area contributed by atoms with Gasteiger partial charge in [0.05, 0.1) is 29.2 Å². The highest BCUT2D eigenvalue weighted by Gasteiger charge is 2.21. The molecule has 1 unspecified atom stereocenters. The highest BCUT2D eigenvalue weighted by atomic mass is 35.5. The quantitative estimate of drug-likeness (QED) is 0.895. The summed E-state index contributed by atoms with van der Waals surface area (Å²) in [4.78, 5) is 25.2. The number of hydrogen-bond donors (Lipinski definition) is 2. The molecule has 6 nitrogen and oxygen atoms in total. The van der Waals surface area contributed by atoms with E-state index in [0.29, 0.717) is 20.6 Å². The molecule has 2 aromatic heterocycles. The first-order chi connectivity index (χ1) is 10.2. The van der Waals surface area contributed by atoms with Crippen LogP contribution in [0.2, 0.25) is 5.02 Å². The number of rotatable bonds is 3. The average molecular weight is 340 g/mol. The van der Waals surface area contributed by atoms with Gasteiger partial charge in [-0.25, -0.2) is 15.0 Å². The molecule has 0 aliphatic rings. The summed E-state index contributed by atoms with van der Waals surface area (Å²) in [5.41, 5.74) is 6.18. The van der Waals surface area contributed by atoms with Crippen LogP contribution >= 0.6 is 22.9 Å². The number of carbonyl (C=O) groups excluding carboxylic acids is 1. The van der Waals surface area contributed by atoms with Gasteiger partial charge in [-0.1, -0.05) is 32.4 Å². The molecule has 0 saturated carbocycles. The molecule has 0 saturated heterocycles. The van der Waals surface area contributed by atoms with Gasteiger partial charge in [-0.3, -0.25) is 10.1 Å². The molecule has 0 aromatic carbocycles. The maximum absolute atomic E-state index is 12.2. The van der Waals surface area contributed by atoms with Crippen molar-refractivity contribution >= 4 is 34.8 Å². The van der Waals surface area contributed by atoms with Gasteiger partial charge in [-0.05, 0) is 6.92 Å². The number of halogens is 1. The third kappa shape index (κ3) is 3.79. The van der Waals surface area contributed by atoms with Crippen molar-refractivity contribution in [2.75, 3.05) is 5.32 Å². The van der Waals surface area contributed by atoms with Gasteiger partial charge < -0.3 is 5.73 Å². The van der Waals surface area contributed by atoms with Gasteiger partial charge in [0.1, 0.15) is 9.88 Å². The van der Waals surface area contributed by atoms with Crippen LogP contribution in [0.25, 0.3) is 0 Å². The minimum atomic E-state index is -0.313. The van der Waals surface area contributed by atoms with Crippen LogP contribution in [0.4, 0.5) is 5.95 Å². The van der Waals surface area contributed by atoms with E-state index >= 15 is 0 Å². The SMILES string of the molecule is CC(N)c1ncc(C(=O)Nc2ncc(Cl)c(C(C)(C)C)n2)s1. The van der Waals surface area contributed by atoms with E-state index < -0.39 is 0 Å². The summed E-state index contributed by atoms with van der Waals surface area (Å²) in [7, 11) is 0. The lowest BCUT2D eigenvalue weighted by Crippen LogP contribution is -2.18. The maximum atomic E-state index is 12.2. The fourth-order valence-electron chi connectivity index (χ4n) is 1.72. The van der Waals surface area contributed by atoms with Gasteiger partial charge in [0.2, 0.25) is 5.95 Å². The van der Waals surface area contributed by atoms with Crippen molar-refractivity contribution in [3.05, 3.63) is 33.0 Å². The van der Waals surface area contributed by atoms with E-state index in [1.165, 1.54) is 23.7 Å². The van der Waals surface area contributed by atoms with Crippen LogP contribution in [0, 0.1) is 0 Å². The minimum absolute atomic E-state index is 0.203. The topological polar surface area (TPSA) is 93.8 Å². The summed E-state index contributed by atoms with van der Waals surface area (Å²) in [6, 6.07) is -0.203. The molecule has 0 aliphatic heterocycles. The van der Waals surface area contributed by atoms with Crippen molar-refractivity contribution in [1.82, 2.24) is 15.0 Å². The highest BCUT2D eigenvalue weighted by molar-refractivity contribution is 7.13. The van der Waals surface area contributed by atoms with Gasteiger partial charge in [0, 0.05) is 5.41 Å². The molecular weight excluding hydrogens is 322 g/mol. The number of thiazole rings is 1. The molecule has 3 N–H and O–H groups in total. The zero-order valence-corrected chi connectivity index (χ0v) is 14.4. The summed E-state index contributed by atoms with van der Waals surface area (Å²) in [5, 5.41) is 3.84. The summed E-state index contributed by atoms with van der Waals surface area (Å²) < 4.78 is 0. The Morgan fingerprint density at radius 1 is 1.36 bits per heavy atom. The molecule has 8 heteroatoms. The molecule has 22 heavy (non-hydrogen) atoms. The monoisotopic (exact) mass is 339 g/mol. The van der Waals surface area contributed by atoms with Crippen molar-refractivity contribution in [2.24, 2.45) is 5.73 Å². The van der Waals surface area contributed by atoms with Crippen molar-refractivity contribution in [3.8, 4) is 0 Å². The number of aromatic nitrogens is 3. The molecular formula is C14H18ClN5OS. The van der Waals surface area contributed by atoms with Crippen LogP contribution < -0.4 is 11.1 Å². The van der Waals surface area contributed by atoms with Crippen molar-refractivity contribution < 1.29 is 4.79 Å². The number of carbonyl (C=O) groups is 1. The van der Waals surface area contributed by atoms with Crippen molar-refractivity contribution in [1.29, 1.82) is 0 Å². The Labute approximate surface area is 138 Å². The number of nitrogens with two attached hydrogens (primary N) is 1. The molecule has 0 fully saturated rings. The van der Waals surface area contributed by atoms with E-state index in [-0.39, 0.29) is 23.3 Å². The first kappa shape index (κ1) is 16.8. The Morgan fingerprint density at radius 2 is 2.05 bits per heavy atom. The molecule has 1 amide bonds. The Morgan fingerprint density at radius 3 is 2.59 bits per heavy atom. The van der Waals surface area contributed by atoms with Crippen LogP contribution in [0.15, 0.2) is 12.4 Å². The molecule has 2 rings (SSSR count). The Bertz CT molecular complexity index is 693. The second-order valence-corrected chi connectivity index (χ2v) is 7.42. The second-order valence-electron chi connectivity index (χ2n) is 5.95. The Balaban J connectivity index is 2.21. The standard InChI is InChI=1S/C14H18ClN5OS/c1-7(16)12-17-6-9(22-12)11(21)20-13-18-5-8(15)10(19-13)14(2,3)4/h5-7H,16H2,1-4H3,(H,18,19,20,21). The lowest BCUT2D eigenvalue weighted by atomic mass is 9.92. The number of hydrogen-bond acceptors (Lipinski definition) is 6. The first-order valence-electron chi connectivity index (χ1n) is 6.74. The van der Waals surface area contributed by atoms with E-state index in [0.717, 1.165) is 0 Å². The molecule has 1 atom stereocenters. The Hall–Kier alpha value is -1.57. The normalized spacial score (nSPS) is 13.0. The fraction of sp³-hybridized carbons (Fsp3) is 0.429. The fourth-order valence-corrected chi connectivity index (χ4v) is 2.86. The maximum Gasteiger partial charge on any atom is 0.269 e. The second kappa shape index (κ2) is 6.28. The Kier molecular flexibility index (Phi) is 4.79. The number of nitrogens with zero attached hydrogens (tertiary/aromatic N) is 3. The lowest BCUT2D eigenvalue weighted by Gasteiger charge is -2.19. The van der Waals surface area contributed by atoms with E-state index in [1.54, 1.807) is 0 Å². The number of nitrogens with one attached hydrogen (secondary N) is 1. The summed E-state index contributed by atoms with van der Waals surface area (Å²) in [5.74, 6) is -0.0957. The molecule has 2 aromatic rings. The van der Waals surface area contributed by atoms with Gasteiger partial charge >= 0.3 is 0 Å². The first-order valence-corrected chi connectivity index (χ1v) is 7.93. The highest BCUT2D eigenvalue weighted by Crippen LogP contribution is 2.28. The molecule has 0 bridgehead atoms. The lowest BCUT2D eigenvalue weighted by molar-refractivity contribution is 0.102. The smallest absolute Gasteiger partial charge is 0.269 e. The summed E-state index contributed by atoms with van der Waals surface area (Å²) >= 11 is 7.36. The van der Waals surface area contributed by atoms with Crippen LogP contribution in [-0.2, 0) is 5.41 Å². The summed E-state index contributed by atoms with van der Waals surface area (Å²) in [6.45, 7) is 7.79. The van der Waals surface area contributed by atoms with Gasteiger partial charge in [-0.15, -0.1) is 11.3 Å². The van der Waals surface area contributed by atoms with E-state index in [4.69, 9.17) is 17.3 Å². The van der Waals surface area contributed by atoms with Gasteiger partial charge in [-0.2, -0.15) is 0 Å². The van der Waals surface area contributed by atoms with Crippen LogP contribution in [0.5, 0.6) is 0 Å². The molecule has 0 aliphatic carbocycles. The largest absolute Gasteiger partial charge is 0.322 e. The van der Waals surface area contributed by atoms with Gasteiger partial charge in [0.15, 0.2) is 0 Å². The predicted molar refractivity (Wildman–Crippen MR) is 88.4 cm³/mol. The number of anilines is 1. The van der Waals surface area contributed by atoms with E-state index in [2.05, 4.69) is 20.3 Å². The average Bonchev–Trinajstić information content (AvgIpc) is 2.89. The van der Waals surface area contributed by atoms with Crippen molar-refractivity contribution in [2.45, 2.75) is 39.2 Å².